The van der Waals surface area contributed by atoms with Crippen molar-refractivity contribution in [2.24, 2.45) is 0 Å². The number of rotatable bonds is 1. The van der Waals surface area contributed by atoms with Gasteiger partial charge in [0.15, 0.2) is 0 Å². The highest BCUT2D eigenvalue weighted by Gasteiger charge is 2.25. The minimum absolute atomic E-state index is 0.182. The van der Waals surface area contributed by atoms with Gasteiger partial charge in [0, 0.05) is 17.8 Å². The van der Waals surface area contributed by atoms with Gasteiger partial charge in [-0.15, -0.1) is 0 Å². The van der Waals surface area contributed by atoms with E-state index in [0.29, 0.717) is 0 Å². The molecule has 0 amide bonds. The minimum Gasteiger partial charge on any atom is -0.392 e. The summed E-state index contributed by atoms with van der Waals surface area (Å²) in [4.78, 5) is 4.39. The van der Waals surface area contributed by atoms with E-state index in [0.717, 1.165) is 25.0 Å². The molecule has 2 nitrogen and oxygen atoms in total. The Morgan fingerprint density at radius 1 is 1.29 bits per heavy atom. The number of hydrogen-bond acceptors (Lipinski definition) is 2. The second-order valence-corrected chi connectivity index (χ2v) is 4.22. The van der Waals surface area contributed by atoms with Gasteiger partial charge in [-0.05, 0) is 31.4 Å². The molecule has 0 aliphatic heterocycles. The first-order chi connectivity index (χ1) is 6.77. The third kappa shape index (κ3) is 1.95. The van der Waals surface area contributed by atoms with Crippen molar-refractivity contribution in [3.8, 4) is 0 Å². The van der Waals surface area contributed by atoms with E-state index in [2.05, 4.69) is 17.1 Å². The van der Waals surface area contributed by atoms with Crippen molar-refractivity contribution >= 4 is 0 Å². The molecule has 2 heteroatoms. The zero-order valence-corrected chi connectivity index (χ0v) is 8.61. The summed E-state index contributed by atoms with van der Waals surface area (Å²) in [5, 5.41) is 9.85. The number of hydrogen-bond donors (Lipinski definition) is 1. The van der Waals surface area contributed by atoms with Crippen molar-refractivity contribution in [3.05, 3.63) is 29.6 Å². The zero-order chi connectivity index (χ0) is 9.97. The van der Waals surface area contributed by atoms with E-state index in [-0.39, 0.29) is 12.0 Å². The second-order valence-electron chi connectivity index (χ2n) is 4.22. The SMILES string of the molecule is Cc1ccc([C@H]2CCCC[C@@H]2O)nc1. The van der Waals surface area contributed by atoms with Crippen LogP contribution in [0.2, 0.25) is 0 Å². The van der Waals surface area contributed by atoms with Crippen LogP contribution in [-0.4, -0.2) is 16.2 Å². The average Bonchev–Trinajstić information content (AvgIpc) is 2.20. The number of aliphatic hydroxyl groups excluding tert-OH is 1. The zero-order valence-electron chi connectivity index (χ0n) is 8.61. The lowest BCUT2D eigenvalue weighted by Gasteiger charge is -2.26. The lowest BCUT2D eigenvalue weighted by atomic mass is 9.84. The maximum atomic E-state index is 9.85. The molecule has 1 aromatic heterocycles. The van der Waals surface area contributed by atoms with E-state index in [9.17, 15) is 5.11 Å². The van der Waals surface area contributed by atoms with Gasteiger partial charge in [-0.2, -0.15) is 0 Å². The number of aryl methyl sites for hydroxylation is 1. The normalized spacial score (nSPS) is 27.6. The molecule has 1 fully saturated rings. The van der Waals surface area contributed by atoms with Crippen molar-refractivity contribution in [2.75, 3.05) is 0 Å². The van der Waals surface area contributed by atoms with Crippen LogP contribution in [0.1, 0.15) is 42.9 Å². The summed E-state index contributed by atoms with van der Waals surface area (Å²) in [5.74, 6) is 0.268. The van der Waals surface area contributed by atoms with Crippen LogP contribution >= 0.6 is 0 Å². The van der Waals surface area contributed by atoms with Crippen LogP contribution in [0.25, 0.3) is 0 Å². The molecule has 1 saturated carbocycles. The van der Waals surface area contributed by atoms with Gasteiger partial charge in [0.2, 0.25) is 0 Å². The van der Waals surface area contributed by atoms with E-state index >= 15 is 0 Å². The van der Waals surface area contributed by atoms with Gasteiger partial charge >= 0.3 is 0 Å². The van der Waals surface area contributed by atoms with Gasteiger partial charge in [-0.25, -0.2) is 0 Å². The van der Waals surface area contributed by atoms with E-state index in [1.54, 1.807) is 0 Å². The fourth-order valence-electron chi connectivity index (χ4n) is 2.15. The second kappa shape index (κ2) is 4.09. The van der Waals surface area contributed by atoms with Gasteiger partial charge in [0.05, 0.1) is 6.10 Å². The molecule has 1 aliphatic rings. The number of aliphatic hydroxyl groups is 1. The van der Waals surface area contributed by atoms with Crippen molar-refractivity contribution in [1.82, 2.24) is 4.98 Å². The Balaban J connectivity index is 2.16. The average molecular weight is 191 g/mol. The molecule has 0 radical (unpaired) electrons. The molecule has 76 valence electrons. The van der Waals surface area contributed by atoms with Gasteiger partial charge in [0.1, 0.15) is 0 Å². The van der Waals surface area contributed by atoms with E-state index in [1.165, 1.54) is 12.0 Å². The highest BCUT2D eigenvalue weighted by atomic mass is 16.3. The Hall–Kier alpha value is -0.890. The van der Waals surface area contributed by atoms with E-state index in [1.807, 2.05) is 13.1 Å². The van der Waals surface area contributed by atoms with Crippen molar-refractivity contribution in [3.63, 3.8) is 0 Å². The first-order valence-corrected chi connectivity index (χ1v) is 5.38. The Morgan fingerprint density at radius 2 is 2.07 bits per heavy atom. The molecule has 0 spiro atoms. The molecule has 2 rings (SSSR count). The first kappa shape index (κ1) is 9.66. The van der Waals surface area contributed by atoms with Crippen LogP contribution in [0.5, 0.6) is 0 Å². The summed E-state index contributed by atoms with van der Waals surface area (Å²) in [7, 11) is 0. The van der Waals surface area contributed by atoms with E-state index < -0.39 is 0 Å². The molecule has 2 atom stereocenters. The van der Waals surface area contributed by atoms with E-state index in [4.69, 9.17) is 0 Å². The lowest BCUT2D eigenvalue weighted by molar-refractivity contribution is 0.104. The van der Waals surface area contributed by atoms with Gasteiger partial charge in [-0.1, -0.05) is 18.9 Å². The summed E-state index contributed by atoms with van der Waals surface area (Å²) in [6.07, 6.45) is 6.09. The standard InChI is InChI=1S/C12H17NO/c1-9-6-7-11(13-8-9)10-4-2-3-5-12(10)14/h6-8,10,12,14H,2-5H2,1H3/t10-,12+/m1/s1. The van der Waals surface area contributed by atoms with Crippen LogP contribution in [0, 0.1) is 6.92 Å². The summed E-state index contributed by atoms with van der Waals surface area (Å²) in [5.41, 5.74) is 2.24. The lowest BCUT2D eigenvalue weighted by Crippen LogP contribution is -2.23. The fourth-order valence-corrected chi connectivity index (χ4v) is 2.15. The maximum Gasteiger partial charge on any atom is 0.0623 e. The molecule has 1 heterocycles. The molecule has 1 aliphatic carbocycles. The van der Waals surface area contributed by atoms with Crippen LogP contribution < -0.4 is 0 Å². The predicted molar refractivity (Wildman–Crippen MR) is 56.2 cm³/mol. The monoisotopic (exact) mass is 191 g/mol. The Bertz CT molecular complexity index is 294. The Kier molecular flexibility index (Phi) is 2.82. The molecule has 14 heavy (non-hydrogen) atoms. The third-order valence-corrected chi connectivity index (χ3v) is 3.04. The van der Waals surface area contributed by atoms with Crippen molar-refractivity contribution < 1.29 is 5.11 Å². The summed E-state index contributed by atoms with van der Waals surface area (Å²) >= 11 is 0. The van der Waals surface area contributed by atoms with Crippen LogP contribution in [0.15, 0.2) is 18.3 Å². The third-order valence-electron chi connectivity index (χ3n) is 3.04. The van der Waals surface area contributed by atoms with Crippen LogP contribution in [-0.2, 0) is 0 Å². The summed E-state index contributed by atoms with van der Waals surface area (Å²) in [6.45, 7) is 2.04. The van der Waals surface area contributed by atoms with Crippen LogP contribution in [0.4, 0.5) is 0 Å². The fraction of sp³-hybridized carbons (Fsp3) is 0.583. The molecule has 0 unspecified atom stereocenters. The Labute approximate surface area is 85.0 Å². The molecule has 1 N–H and O–H groups in total. The van der Waals surface area contributed by atoms with Crippen molar-refractivity contribution in [2.45, 2.75) is 44.6 Å². The highest BCUT2D eigenvalue weighted by Crippen LogP contribution is 2.31. The van der Waals surface area contributed by atoms with Gasteiger partial charge < -0.3 is 5.11 Å². The van der Waals surface area contributed by atoms with Crippen LogP contribution in [0.3, 0.4) is 0 Å². The topological polar surface area (TPSA) is 33.1 Å². The smallest absolute Gasteiger partial charge is 0.0623 e. The first-order valence-electron chi connectivity index (χ1n) is 5.38. The minimum atomic E-state index is -0.182. The molecular weight excluding hydrogens is 174 g/mol. The number of pyridine rings is 1. The number of aromatic nitrogens is 1. The predicted octanol–water partition coefficient (Wildman–Crippen LogP) is 2.41. The maximum absolute atomic E-state index is 9.85. The molecule has 0 saturated heterocycles. The quantitative estimate of drug-likeness (QED) is 0.739. The van der Waals surface area contributed by atoms with Gasteiger partial charge in [-0.3, -0.25) is 4.98 Å². The largest absolute Gasteiger partial charge is 0.392 e. The summed E-state index contributed by atoms with van der Waals surface area (Å²) < 4.78 is 0. The summed E-state index contributed by atoms with van der Waals surface area (Å²) in [6, 6.07) is 4.12. The van der Waals surface area contributed by atoms with Crippen molar-refractivity contribution in [1.29, 1.82) is 0 Å². The molecule has 0 bridgehead atoms. The number of nitrogens with zero attached hydrogens (tertiary/aromatic N) is 1. The van der Waals surface area contributed by atoms with Gasteiger partial charge in [0.25, 0.3) is 0 Å². The molecule has 0 aromatic carbocycles. The molecular formula is C12H17NO. The highest BCUT2D eigenvalue weighted by molar-refractivity contribution is 5.17. The molecule has 1 aromatic rings. The Morgan fingerprint density at radius 3 is 2.71 bits per heavy atom.